The molecule has 0 bridgehead atoms. The van der Waals surface area contributed by atoms with Crippen molar-refractivity contribution in [2.75, 3.05) is 52.1 Å². The van der Waals surface area contributed by atoms with E-state index in [1.807, 2.05) is 7.05 Å². The van der Waals surface area contributed by atoms with E-state index in [0.29, 0.717) is 24.8 Å². The highest BCUT2D eigenvalue weighted by Gasteiger charge is 2.26. The van der Waals surface area contributed by atoms with Crippen LogP contribution >= 0.6 is 0 Å². The van der Waals surface area contributed by atoms with Gasteiger partial charge in [0, 0.05) is 26.2 Å². The summed E-state index contributed by atoms with van der Waals surface area (Å²) in [5.74, 6) is 0.926. The molecule has 0 aliphatic carbocycles. The van der Waals surface area contributed by atoms with Gasteiger partial charge in [0.15, 0.2) is 0 Å². The highest BCUT2D eigenvalue weighted by molar-refractivity contribution is 7.89. The standard InChI is InChI=1S/C12H25N3O2S/c1-14-7-9-15(10-8-14)18(16,17)11-4-12-2-5-13-6-3-12/h12-13H,2-11H2,1H3. The molecule has 0 saturated carbocycles. The first-order valence-corrected chi connectivity index (χ1v) is 8.56. The Balaban J connectivity index is 1.79. The molecule has 2 heterocycles. The molecule has 2 saturated heterocycles. The molecule has 18 heavy (non-hydrogen) atoms. The van der Waals surface area contributed by atoms with Crippen LogP contribution in [-0.4, -0.2) is 69.7 Å². The molecule has 2 aliphatic rings. The van der Waals surface area contributed by atoms with Crippen LogP contribution in [-0.2, 0) is 10.0 Å². The Kier molecular flexibility index (Phi) is 5.00. The van der Waals surface area contributed by atoms with E-state index in [9.17, 15) is 8.42 Å². The maximum absolute atomic E-state index is 12.2. The van der Waals surface area contributed by atoms with Gasteiger partial charge >= 0.3 is 0 Å². The molecule has 5 nitrogen and oxygen atoms in total. The fourth-order valence-corrected chi connectivity index (χ4v) is 4.29. The fraction of sp³-hybridized carbons (Fsp3) is 1.00. The molecule has 0 amide bonds. The van der Waals surface area contributed by atoms with Gasteiger partial charge in [-0.15, -0.1) is 0 Å². The Morgan fingerprint density at radius 3 is 2.33 bits per heavy atom. The Morgan fingerprint density at radius 2 is 1.72 bits per heavy atom. The van der Waals surface area contributed by atoms with Crippen molar-refractivity contribution >= 4 is 10.0 Å². The number of hydrogen-bond donors (Lipinski definition) is 1. The minimum absolute atomic E-state index is 0.335. The molecule has 0 atom stereocenters. The predicted octanol–water partition coefficient (Wildman–Crippen LogP) is -0.0467. The molecule has 6 heteroatoms. The number of likely N-dealkylation sites (N-methyl/N-ethyl adjacent to an activating group) is 1. The minimum Gasteiger partial charge on any atom is -0.317 e. The quantitative estimate of drug-likeness (QED) is 0.782. The van der Waals surface area contributed by atoms with Gasteiger partial charge < -0.3 is 10.2 Å². The number of rotatable bonds is 4. The van der Waals surface area contributed by atoms with Crippen LogP contribution < -0.4 is 5.32 Å². The number of nitrogens with one attached hydrogen (secondary N) is 1. The number of piperidine rings is 1. The zero-order valence-electron chi connectivity index (χ0n) is 11.3. The largest absolute Gasteiger partial charge is 0.317 e. The molecule has 0 spiro atoms. The monoisotopic (exact) mass is 275 g/mol. The Morgan fingerprint density at radius 1 is 1.11 bits per heavy atom. The number of hydrogen-bond acceptors (Lipinski definition) is 4. The van der Waals surface area contributed by atoms with Gasteiger partial charge in [-0.25, -0.2) is 8.42 Å². The van der Waals surface area contributed by atoms with E-state index < -0.39 is 10.0 Å². The maximum atomic E-state index is 12.2. The van der Waals surface area contributed by atoms with Crippen LogP contribution in [0.2, 0.25) is 0 Å². The first kappa shape index (κ1) is 14.2. The Hall–Kier alpha value is -0.170. The lowest BCUT2D eigenvalue weighted by molar-refractivity contribution is 0.222. The summed E-state index contributed by atoms with van der Waals surface area (Å²) in [5, 5.41) is 3.31. The van der Waals surface area contributed by atoms with Gasteiger partial charge in [0.1, 0.15) is 0 Å². The summed E-state index contributed by atoms with van der Waals surface area (Å²) in [6, 6.07) is 0. The molecule has 2 fully saturated rings. The van der Waals surface area contributed by atoms with Gasteiger partial charge in [-0.05, 0) is 45.3 Å². The van der Waals surface area contributed by atoms with E-state index in [4.69, 9.17) is 0 Å². The highest BCUT2D eigenvalue weighted by atomic mass is 32.2. The summed E-state index contributed by atoms with van der Waals surface area (Å²) in [4.78, 5) is 2.18. The van der Waals surface area contributed by atoms with Crippen molar-refractivity contribution in [3.63, 3.8) is 0 Å². The van der Waals surface area contributed by atoms with Crippen LogP contribution in [0.4, 0.5) is 0 Å². The molecule has 0 aromatic heterocycles. The van der Waals surface area contributed by atoms with E-state index in [-0.39, 0.29) is 0 Å². The van der Waals surface area contributed by atoms with Crippen LogP contribution in [0.25, 0.3) is 0 Å². The third kappa shape index (κ3) is 3.91. The third-order valence-electron chi connectivity index (χ3n) is 4.10. The second-order valence-corrected chi connectivity index (χ2v) is 7.59. The van der Waals surface area contributed by atoms with E-state index >= 15 is 0 Å². The van der Waals surface area contributed by atoms with Crippen LogP contribution in [0, 0.1) is 5.92 Å². The van der Waals surface area contributed by atoms with Gasteiger partial charge in [-0.3, -0.25) is 0 Å². The lowest BCUT2D eigenvalue weighted by Crippen LogP contribution is -2.47. The summed E-state index contributed by atoms with van der Waals surface area (Å²) in [7, 11) is -0.979. The van der Waals surface area contributed by atoms with E-state index in [0.717, 1.165) is 45.4 Å². The molecule has 0 unspecified atom stereocenters. The van der Waals surface area contributed by atoms with Crippen molar-refractivity contribution < 1.29 is 8.42 Å². The van der Waals surface area contributed by atoms with Crippen LogP contribution in [0.15, 0.2) is 0 Å². The topological polar surface area (TPSA) is 52.7 Å². The number of sulfonamides is 1. The fourth-order valence-electron chi connectivity index (χ4n) is 2.68. The first-order chi connectivity index (χ1) is 8.58. The molecular formula is C12H25N3O2S. The van der Waals surface area contributed by atoms with Crippen molar-refractivity contribution in [2.45, 2.75) is 19.3 Å². The Labute approximate surface area is 111 Å². The summed E-state index contributed by atoms with van der Waals surface area (Å²) in [5.41, 5.74) is 0. The molecule has 2 aliphatic heterocycles. The van der Waals surface area contributed by atoms with E-state index in [2.05, 4.69) is 10.2 Å². The van der Waals surface area contributed by atoms with Crippen molar-refractivity contribution in [3.8, 4) is 0 Å². The first-order valence-electron chi connectivity index (χ1n) is 6.95. The van der Waals surface area contributed by atoms with Gasteiger partial charge in [0.2, 0.25) is 10.0 Å². The molecular weight excluding hydrogens is 250 g/mol. The van der Waals surface area contributed by atoms with Gasteiger partial charge in [-0.1, -0.05) is 0 Å². The minimum atomic E-state index is -3.02. The molecule has 0 aromatic rings. The lowest BCUT2D eigenvalue weighted by Gasteiger charge is -2.32. The second kappa shape index (κ2) is 6.32. The zero-order chi connectivity index (χ0) is 13.0. The van der Waals surface area contributed by atoms with E-state index in [1.54, 1.807) is 4.31 Å². The van der Waals surface area contributed by atoms with Crippen molar-refractivity contribution in [1.29, 1.82) is 0 Å². The van der Waals surface area contributed by atoms with Crippen LogP contribution in [0.5, 0.6) is 0 Å². The average Bonchev–Trinajstić information content (AvgIpc) is 2.38. The van der Waals surface area contributed by atoms with Crippen molar-refractivity contribution in [2.24, 2.45) is 5.92 Å². The van der Waals surface area contributed by atoms with Gasteiger partial charge in [-0.2, -0.15) is 4.31 Å². The highest BCUT2D eigenvalue weighted by Crippen LogP contribution is 2.18. The lowest BCUT2D eigenvalue weighted by atomic mass is 9.96. The molecule has 0 radical (unpaired) electrons. The normalized spacial score (nSPS) is 25.4. The van der Waals surface area contributed by atoms with Gasteiger partial charge in [0.25, 0.3) is 0 Å². The van der Waals surface area contributed by atoms with E-state index in [1.165, 1.54) is 0 Å². The summed E-state index contributed by atoms with van der Waals surface area (Å²) in [6.07, 6.45) is 3.08. The summed E-state index contributed by atoms with van der Waals surface area (Å²) < 4.78 is 26.1. The molecule has 106 valence electrons. The van der Waals surface area contributed by atoms with Gasteiger partial charge in [0.05, 0.1) is 5.75 Å². The number of nitrogens with zero attached hydrogens (tertiary/aromatic N) is 2. The SMILES string of the molecule is CN1CCN(S(=O)(=O)CCC2CCNCC2)CC1. The van der Waals surface area contributed by atoms with Crippen LogP contribution in [0.3, 0.4) is 0 Å². The Bertz CT molecular complexity index is 344. The molecule has 1 N–H and O–H groups in total. The van der Waals surface area contributed by atoms with Crippen LogP contribution in [0.1, 0.15) is 19.3 Å². The van der Waals surface area contributed by atoms with Crippen molar-refractivity contribution in [3.05, 3.63) is 0 Å². The summed E-state index contributed by atoms with van der Waals surface area (Å²) >= 11 is 0. The molecule has 2 rings (SSSR count). The number of piperazine rings is 1. The zero-order valence-corrected chi connectivity index (χ0v) is 12.1. The summed E-state index contributed by atoms with van der Waals surface area (Å²) in [6.45, 7) is 5.10. The third-order valence-corrected chi connectivity index (χ3v) is 6.00. The smallest absolute Gasteiger partial charge is 0.214 e. The van der Waals surface area contributed by atoms with Crippen molar-refractivity contribution in [1.82, 2.24) is 14.5 Å². The molecule has 0 aromatic carbocycles. The maximum Gasteiger partial charge on any atom is 0.214 e. The predicted molar refractivity (Wildman–Crippen MR) is 73.1 cm³/mol. The second-order valence-electron chi connectivity index (χ2n) is 5.50. The average molecular weight is 275 g/mol.